The fourth-order valence-corrected chi connectivity index (χ4v) is 4.41. The molecule has 0 saturated heterocycles. The van der Waals surface area contributed by atoms with E-state index in [0.29, 0.717) is 6.61 Å². The van der Waals surface area contributed by atoms with Crippen LogP contribution in [-0.4, -0.2) is 31.0 Å². The van der Waals surface area contributed by atoms with Gasteiger partial charge in [0.2, 0.25) is 0 Å². The molecule has 0 aliphatic heterocycles. The summed E-state index contributed by atoms with van der Waals surface area (Å²) in [5.74, 6) is 0.853. The summed E-state index contributed by atoms with van der Waals surface area (Å²) in [6, 6.07) is 14.3. The van der Waals surface area contributed by atoms with E-state index >= 15 is 0 Å². The number of hydrogen-bond acceptors (Lipinski definition) is 4. The molecule has 0 amide bonds. The molecule has 3 aromatic rings. The van der Waals surface area contributed by atoms with Crippen LogP contribution in [0, 0.1) is 6.92 Å². The van der Waals surface area contributed by atoms with Crippen LogP contribution in [0.25, 0.3) is 22.2 Å². The Bertz CT molecular complexity index is 994. The van der Waals surface area contributed by atoms with Crippen LogP contribution in [0.1, 0.15) is 39.8 Å². The fraction of sp³-hybridized carbons (Fsp3) is 0.440. The molecule has 1 atom stereocenters. The average molecular weight is 423 g/mol. The third kappa shape index (κ3) is 5.27. The number of hydrogen-bond donors (Lipinski definition) is 0. The van der Waals surface area contributed by atoms with E-state index in [1.54, 1.807) is 0 Å². The molecule has 0 bridgehead atoms. The number of ether oxygens (including phenoxy) is 1. The molecule has 0 spiro atoms. The quantitative estimate of drug-likeness (QED) is 0.393. The van der Waals surface area contributed by atoms with Crippen LogP contribution in [-0.2, 0) is 4.43 Å². The van der Waals surface area contributed by atoms with E-state index in [-0.39, 0.29) is 11.1 Å². The Morgan fingerprint density at radius 1 is 1.03 bits per heavy atom. The van der Waals surface area contributed by atoms with E-state index in [1.165, 1.54) is 0 Å². The number of aromatic nitrogens is 2. The molecule has 5 heteroatoms. The highest BCUT2D eigenvalue weighted by Crippen LogP contribution is 2.37. The molecule has 0 saturated carbocycles. The molecular formula is C25H34N2O2Si. The van der Waals surface area contributed by atoms with Gasteiger partial charge in [0.25, 0.3) is 0 Å². The van der Waals surface area contributed by atoms with E-state index in [0.717, 1.165) is 40.0 Å². The Labute approximate surface area is 181 Å². The van der Waals surface area contributed by atoms with Gasteiger partial charge < -0.3 is 9.16 Å². The second-order valence-corrected chi connectivity index (χ2v) is 14.2. The maximum Gasteiger partial charge on any atom is 0.192 e. The summed E-state index contributed by atoms with van der Waals surface area (Å²) >= 11 is 0. The van der Waals surface area contributed by atoms with E-state index in [1.807, 2.05) is 37.4 Å². The maximum atomic E-state index is 6.53. The Morgan fingerprint density at radius 2 is 1.80 bits per heavy atom. The fourth-order valence-electron chi connectivity index (χ4n) is 2.99. The zero-order valence-corrected chi connectivity index (χ0v) is 20.3. The van der Waals surface area contributed by atoms with Gasteiger partial charge in [-0.15, -0.1) is 0 Å². The molecule has 0 aliphatic carbocycles. The van der Waals surface area contributed by atoms with E-state index in [4.69, 9.17) is 14.1 Å². The van der Waals surface area contributed by atoms with Gasteiger partial charge in [-0.3, -0.25) is 4.98 Å². The molecule has 4 nitrogen and oxygen atoms in total. The van der Waals surface area contributed by atoms with Gasteiger partial charge in [-0.2, -0.15) is 0 Å². The van der Waals surface area contributed by atoms with E-state index in [9.17, 15) is 0 Å². The number of fused-ring (bicyclic) bond motifs is 1. The Morgan fingerprint density at radius 3 is 2.43 bits per heavy atom. The van der Waals surface area contributed by atoms with Crippen molar-refractivity contribution in [3.63, 3.8) is 0 Å². The van der Waals surface area contributed by atoms with Crippen molar-refractivity contribution in [2.24, 2.45) is 0 Å². The van der Waals surface area contributed by atoms with Crippen molar-refractivity contribution < 1.29 is 9.16 Å². The van der Waals surface area contributed by atoms with Crippen LogP contribution >= 0.6 is 0 Å². The molecule has 0 unspecified atom stereocenters. The lowest BCUT2D eigenvalue weighted by molar-refractivity contribution is 0.112. The molecular weight excluding hydrogens is 388 g/mol. The first-order chi connectivity index (χ1) is 14.1. The number of nitrogens with zero attached hydrogens (tertiary/aromatic N) is 2. The lowest BCUT2D eigenvalue weighted by Gasteiger charge is -2.39. The van der Waals surface area contributed by atoms with Crippen molar-refractivity contribution in [3.8, 4) is 17.0 Å². The van der Waals surface area contributed by atoms with Crippen molar-refractivity contribution in [1.82, 2.24) is 9.97 Å². The van der Waals surface area contributed by atoms with Crippen LogP contribution < -0.4 is 4.74 Å². The predicted molar refractivity (Wildman–Crippen MR) is 128 cm³/mol. The normalized spacial score (nSPS) is 13.4. The van der Waals surface area contributed by atoms with Gasteiger partial charge >= 0.3 is 0 Å². The molecule has 0 N–H and O–H groups in total. The van der Waals surface area contributed by atoms with Crippen molar-refractivity contribution in [3.05, 3.63) is 54.4 Å². The number of rotatable bonds is 7. The zero-order valence-electron chi connectivity index (χ0n) is 19.3. The molecule has 0 aliphatic rings. The van der Waals surface area contributed by atoms with Gasteiger partial charge in [0.1, 0.15) is 12.4 Å². The van der Waals surface area contributed by atoms with Crippen LogP contribution in [0.5, 0.6) is 5.75 Å². The molecule has 160 valence electrons. The van der Waals surface area contributed by atoms with Gasteiger partial charge in [0.15, 0.2) is 8.32 Å². The summed E-state index contributed by atoms with van der Waals surface area (Å²) in [7, 11) is -1.81. The van der Waals surface area contributed by atoms with E-state index < -0.39 is 8.32 Å². The number of aryl methyl sites for hydroxylation is 1. The highest BCUT2D eigenvalue weighted by Gasteiger charge is 2.38. The topological polar surface area (TPSA) is 44.2 Å². The van der Waals surface area contributed by atoms with Crippen molar-refractivity contribution in [2.75, 3.05) is 6.61 Å². The summed E-state index contributed by atoms with van der Waals surface area (Å²) in [6.07, 6.45) is 2.92. The summed E-state index contributed by atoms with van der Waals surface area (Å²) in [5, 5.41) is 1.26. The molecule has 1 aromatic carbocycles. The third-order valence-corrected chi connectivity index (χ3v) is 10.6. The minimum Gasteiger partial charge on any atom is -0.491 e. The summed E-state index contributed by atoms with van der Waals surface area (Å²) < 4.78 is 12.6. The first-order valence-corrected chi connectivity index (χ1v) is 13.6. The van der Waals surface area contributed by atoms with Gasteiger partial charge in [-0.1, -0.05) is 33.8 Å². The molecule has 0 fully saturated rings. The Balaban J connectivity index is 1.71. The van der Waals surface area contributed by atoms with Crippen LogP contribution in [0.2, 0.25) is 18.1 Å². The first-order valence-electron chi connectivity index (χ1n) is 10.7. The van der Waals surface area contributed by atoms with Crippen LogP contribution in [0.4, 0.5) is 0 Å². The van der Waals surface area contributed by atoms with E-state index in [2.05, 4.69) is 64.0 Å². The number of benzene rings is 1. The summed E-state index contributed by atoms with van der Waals surface area (Å²) in [4.78, 5) is 9.16. The van der Waals surface area contributed by atoms with Gasteiger partial charge in [0, 0.05) is 22.8 Å². The van der Waals surface area contributed by atoms with Gasteiger partial charge in [0.05, 0.1) is 17.3 Å². The molecule has 3 rings (SSSR count). The standard InChI is InChI=1S/C25H34N2O2Si/c1-8-21(29-30(6,7)25(3,4)5)17-28-22-12-14-23-19(15-22)11-13-24(27-23)20-10-9-18(2)26-16-20/h9-16,21H,8,17H2,1-7H3/t21-/m1/s1. The number of pyridine rings is 2. The summed E-state index contributed by atoms with van der Waals surface area (Å²) in [6.45, 7) is 16.1. The maximum absolute atomic E-state index is 6.53. The zero-order chi connectivity index (χ0) is 21.9. The van der Waals surface area contributed by atoms with Crippen molar-refractivity contribution in [1.29, 1.82) is 0 Å². The van der Waals surface area contributed by atoms with Gasteiger partial charge in [-0.05, 0) is 67.9 Å². The highest BCUT2D eigenvalue weighted by molar-refractivity contribution is 6.74. The third-order valence-electron chi connectivity index (χ3n) is 6.03. The van der Waals surface area contributed by atoms with Crippen molar-refractivity contribution in [2.45, 2.75) is 65.3 Å². The average Bonchev–Trinajstić information content (AvgIpc) is 2.70. The second kappa shape index (κ2) is 8.86. The monoisotopic (exact) mass is 422 g/mol. The largest absolute Gasteiger partial charge is 0.491 e. The molecule has 2 heterocycles. The lowest BCUT2D eigenvalue weighted by atomic mass is 10.1. The van der Waals surface area contributed by atoms with Crippen LogP contribution in [0.3, 0.4) is 0 Å². The molecule has 2 aromatic heterocycles. The Kier molecular flexibility index (Phi) is 6.63. The molecule has 30 heavy (non-hydrogen) atoms. The Hall–Kier alpha value is -2.24. The molecule has 0 radical (unpaired) electrons. The SMILES string of the molecule is CC[C@H](COc1ccc2nc(-c3ccc(C)nc3)ccc2c1)O[Si](C)(C)C(C)(C)C. The second-order valence-electron chi connectivity index (χ2n) is 9.46. The highest BCUT2D eigenvalue weighted by atomic mass is 28.4. The summed E-state index contributed by atoms with van der Waals surface area (Å²) in [5.41, 5.74) is 3.91. The van der Waals surface area contributed by atoms with Gasteiger partial charge in [-0.25, -0.2) is 4.98 Å². The van der Waals surface area contributed by atoms with Crippen LogP contribution in [0.15, 0.2) is 48.7 Å². The van der Waals surface area contributed by atoms with Crippen molar-refractivity contribution >= 4 is 19.2 Å². The minimum atomic E-state index is -1.81. The lowest BCUT2D eigenvalue weighted by Crippen LogP contribution is -2.45. The predicted octanol–water partition coefficient (Wildman–Crippen LogP) is 6.78. The smallest absolute Gasteiger partial charge is 0.192 e. The first kappa shape index (κ1) is 22.4. The minimum absolute atomic E-state index is 0.108.